The summed E-state index contributed by atoms with van der Waals surface area (Å²) in [5, 5.41) is 13.8. The van der Waals surface area contributed by atoms with Gasteiger partial charge in [0, 0.05) is 28.9 Å². The van der Waals surface area contributed by atoms with Crippen LogP contribution in [-0.4, -0.2) is 39.7 Å². The van der Waals surface area contributed by atoms with Crippen LogP contribution in [0.25, 0.3) is 17.5 Å². The second-order valence-electron chi connectivity index (χ2n) is 6.26. The number of hydrogen-bond donors (Lipinski definition) is 1. The van der Waals surface area contributed by atoms with Gasteiger partial charge < -0.3 is 9.30 Å². The molecule has 3 rings (SSSR count). The largest absolute Gasteiger partial charge is 0.496 e. The van der Waals surface area contributed by atoms with Crippen LogP contribution in [0, 0.1) is 0 Å². The van der Waals surface area contributed by atoms with Gasteiger partial charge in [0.15, 0.2) is 11.0 Å². The average Bonchev–Trinajstić information content (AvgIpc) is 3.21. The fourth-order valence-electron chi connectivity index (χ4n) is 2.76. The van der Waals surface area contributed by atoms with E-state index in [-0.39, 0.29) is 11.7 Å². The summed E-state index contributed by atoms with van der Waals surface area (Å²) in [6, 6.07) is 15.0. The predicted octanol–water partition coefficient (Wildman–Crippen LogP) is 4.53. The zero-order valence-electron chi connectivity index (χ0n) is 17.2. The van der Waals surface area contributed by atoms with Crippen LogP contribution in [0.5, 0.6) is 5.75 Å². The fraction of sp³-hybridized carbons (Fsp3) is 0.182. The van der Waals surface area contributed by atoms with Gasteiger partial charge in [-0.05, 0) is 49.4 Å². The van der Waals surface area contributed by atoms with Crippen molar-refractivity contribution in [3.05, 3.63) is 65.2 Å². The van der Waals surface area contributed by atoms with Crippen molar-refractivity contribution in [2.24, 2.45) is 5.10 Å². The van der Waals surface area contributed by atoms with Crippen molar-refractivity contribution in [2.75, 3.05) is 12.9 Å². The first kappa shape index (κ1) is 22.6. The summed E-state index contributed by atoms with van der Waals surface area (Å²) in [5.41, 5.74) is 4.35. The Labute approximate surface area is 190 Å². The molecule has 0 aliphatic heterocycles. The van der Waals surface area contributed by atoms with E-state index in [4.69, 9.17) is 16.3 Å². The minimum Gasteiger partial charge on any atom is -0.496 e. The summed E-state index contributed by atoms with van der Waals surface area (Å²) in [6.45, 7) is 2.69. The molecule has 160 valence electrons. The Morgan fingerprint density at radius 3 is 2.74 bits per heavy atom. The van der Waals surface area contributed by atoms with E-state index in [0.29, 0.717) is 16.7 Å². The van der Waals surface area contributed by atoms with Crippen molar-refractivity contribution >= 4 is 41.6 Å². The van der Waals surface area contributed by atoms with Crippen molar-refractivity contribution in [1.29, 1.82) is 0 Å². The number of carbonyl (C=O) groups excluding carboxylic acids is 1. The molecule has 31 heavy (non-hydrogen) atoms. The average molecular weight is 456 g/mol. The molecule has 0 radical (unpaired) electrons. The lowest BCUT2D eigenvalue weighted by Crippen LogP contribution is -2.19. The van der Waals surface area contributed by atoms with E-state index in [1.54, 1.807) is 13.2 Å². The molecule has 0 aliphatic rings. The molecule has 2 aromatic carbocycles. The first-order valence-electron chi connectivity index (χ1n) is 9.56. The maximum atomic E-state index is 12.1. The molecule has 3 aromatic rings. The Morgan fingerprint density at radius 1 is 1.23 bits per heavy atom. The fourth-order valence-corrected chi connectivity index (χ4v) is 3.68. The first-order chi connectivity index (χ1) is 15.1. The van der Waals surface area contributed by atoms with E-state index in [9.17, 15) is 4.79 Å². The van der Waals surface area contributed by atoms with E-state index in [1.807, 2.05) is 66.1 Å². The van der Waals surface area contributed by atoms with Gasteiger partial charge in [-0.3, -0.25) is 4.79 Å². The standard InChI is InChI=1S/C22H22ClN5O2S/c1-3-28-21(17-10-12-18(23)13-11-17)26-27-22(28)31-15-20(29)25-24-14-6-8-16-7-4-5-9-19(16)30-2/h4-14H,3,15H2,1-2H3,(H,25,29)/b8-6-,24-14+. The molecule has 7 nitrogen and oxygen atoms in total. The number of nitrogens with zero attached hydrogens (tertiary/aromatic N) is 4. The Bertz CT molecular complexity index is 1080. The molecule has 0 fully saturated rings. The van der Waals surface area contributed by atoms with Gasteiger partial charge in [0.1, 0.15) is 5.75 Å². The Kier molecular flexibility index (Phi) is 8.26. The van der Waals surface area contributed by atoms with Crippen LogP contribution in [-0.2, 0) is 11.3 Å². The number of rotatable bonds is 9. The zero-order valence-corrected chi connectivity index (χ0v) is 18.7. The zero-order chi connectivity index (χ0) is 22.1. The Morgan fingerprint density at radius 2 is 2.00 bits per heavy atom. The third-order valence-corrected chi connectivity index (χ3v) is 5.45. The molecule has 0 saturated carbocycles. The molecule has 1 N–H and O–H groups in total. The quantitative estimate of drug-likeness (QED) is 0.291. The highest BCUT2D eigenvalue weighted by Crippen LogP contribution is 2.25. The highest BCUT2D eigenvalue weighted by molar-refractivity contribution is 7.99. The molecule has 1 amide bonds. The number of benzene rings is 2. The normalized spacial score (nSPS) is 11.3. The highest BCUT2D eigenvalue weighted by atomic mass is 35.5. The van der Waals surface area contributed by atoms with Crippen LogP contribution in [0.15, 0.2) is 64.9 Å². The number of hydrazone groups is 1. The minimum atomic E-state index is -0.231. The first-order valence-corrected chi connectivity index (χ1v) is 10.9. The van der Waals surface area contributed by atoms with Crippen molar-refractivity contribution < 1.29 is 9.53 Å². The minimum absolute atomic E-state index is 0.173. The number of hydrogen-bond acceptors (Lipinski definition) is 6. The number of thioether (sulfide) groups is 1. The lowest BCUT2D eigenvalue weighted by atomic mass is 10.2. The summed E-state index contributed by atoms with van der Waals surface area (Å²) >= 11 is 7.26. The molecule has 0 saturated heterocycles. The number of nitrogens with one attached hydrogen (secondary N) is 1. The van der Waals surface area contributed by atoms with Gasteiger partial charge in [0.25, 0.3) is 5.91 Å². The maximum Gasteiger partial charge on any atom is 0.250 e. The SMILES string of the molecule is CCn1c(SCC(=O)N/N=C/C=C\c2ccccc2OC)nnc1-c1ccc(Cl)cc1. The topological polar surface area (TPSA) is 81.4 Å². The van der Waals surface area contributed by atoms with Gasteiger partial charge in [-0.25, -0.2) is 5.43 Å². The number of methoxy groups -OCH3 is 1. The molecule has 1 aromatic heterocycles. The number of ether oxygens (including phenoxy) is 1. The van der Waals surface area contributed by atoms with E-state index >= 15 is 0 Å². The molecule has 0 aliphatic carbocycles. The number of para-hydroxylation sites is 1. The molecule has 0 unspecified atom stereocenters. The predicted molar refractivity (Wildman–Crippen MR) is 126 cm³/mol. The summed E-state index contributed by atoms with van der Waals surface area (Å²) in [6.07, 6.45) is 5.10. The van der Waals surface area contributed by atoms with E-state index < -0.39 is 0 Å². The molecule has 9 heteroatoms. The lowest BCUT2D eigenvalue weighted by molar-refractivity contribution is -0.118. The molecular formula is C22H22ClN5O2S. The van der Waals surface area contributed by atoms with E-state index in [2.05, 4.69) is 20.7 Å². The third-order valence-electron chi connectivity index (χ3n) is 4.23. The van der Waals surface area contributed by atoms with Crippen LogP contribution >= 0.6 is 23.4 Å². The van der Waals surface area contributed by atoms with Crippen LogP contribution in [0.2, 0.25) is 5.02 Å². The summed E-state index contributed by atoms with van der Waals surface area (Å²) in [4.78, 5) is 12.1. The van der Waals surface area contributed by atoms with Crippen LogP contribution < -0.4 is 10.2 Å². The Hall–Kier alpha value is -3.10. The smallest absolute Gasteiger partial charge is 0.250 e. The molecule has 0 bridgehead atoms. The third kappa shape index (κ3) is 6.19. The van der Waals surface area contributed by atoms with Crippen LogP contribution in [0.4, 0.5) is 0 Å². The summed E-state index contributed by atoms with van der Waals surface area (Å²) in [5.74, 6) is 1.45. The van der Waals surface area contributed by atoms with Gasteiger partial charge in [0.2, 0.25) is 0 Å². The monoisotopic (exact) mass is 455 g/mol. The van der Waals surface area contributed by atoms with Crippen molar-refractivity contribution in [3.8, 4) is 17.1 Å². The highest BCUT2D eigenvalue weighted by Gasteiger charge is 2.14. The van der Waals surface area contributed by atoms with Gasteiger partial charge in [-0.1, -0.05) is 41.6 Å². The van der Waals surface area contributed by atoms with Crippen molar-refractivity contribution in [1.82, 2.24) is 20.2 Å². The lowest BCUT2D eigenvalue weighted by Gasteiger charge is -2.07. The Balaban J connectivity index is 1.53. The van der Waals surface area contributed by atoms with Crippen LogP contribution in [0.1, 0.15) is 12.5 Å². The second kappa shape index (κ2) is 11.3. The van der Waals surface area contributed by atoms with Gasteiger partial charge in [-0.2, -0.15) is 5.10 Å². The van der Waals surface area contributed by atoms with Gasteiger partial charge in [0.05, 0.1) is 12.9 Å². The summed E-state index contributed by atoms with van der Waals surface area (Å²) in [7, 11) is 1.62. The van der Waals surface area contributed by atoms with Crippen LogP contribution in [0.3, 0.4) is 0 Å². The number of carbonyl (C=O) groups is 1. The number of allylic oxidation sites excluding steroid dienone is 1. The molecular weight excluding hydrogens is 434 g/mol. The molecule has 1 heterocycles. The van der Waals surface area contributed by atoms with E-state index in [0.717, 1.165) is 22.7 Å². The van der Waals surface area contributed by atoms with Gasteiger partial charge >= 0.3 is 0 Å². The van der Waals surface area contributed by atoms with Gasteiger partial charge in [-0.15, -0.1) is 10.2 Å². The van der Waals surface area contributed by atoms with E-state index in [1.165, 1.54) is 18.0 Å². The molecule has 0 spiro atoms. The summed E-state index contributed by atoms with van der Waals surface area (Å²) < 4.78 is 7.24. The van der Waals surface area contributed by atoms with Crippen molar-refractivity contribution in [3.63, 3.8) is 0 Å². The number of halogens is 1. The number of amides is 1. The maximum absolute atomic E-state index is 12.1. The molecule has 0 atom stereocenters. The second-order valence-corrected chi connectivity index (χ2v) is 7.64. The van der Waals surface area contributed by atoms with Crippen molar-refractivity contribution in [2.45, 2.75) is 18.6 Å². The number of aromatic nitrogens is 3.